The maximum absolute atomic E-state index is 12.3. The Morgan fingerprint density at radius 2 is 1.64 bits per heavy atom. The van der Waals surface area contributed by atoms with Gasteiger partial charge < -0.3 is 10.6 Å². The molecule has 0 atom stereocenters. The third kappa shape index (κ3) is 4.99. The molecule has 0 radical (unpaired) electrons. The van der Waals surface area contributed by atoms with Crippen LogP contribution in [-0.4, -0.2) is 24.4 Å². The number of anilines is 1. The van der Waals surface area contributed by atoms with Crippen molar-refractivity contribution < 1.29 is 22.8 Å². The number of alkyl halides is 3. The molecule has 0 unspecified atom stereocenters. The first kappa shape index (κ1) is 18.9. The molecule has 0 spiro atoms. The van der Waals surface area contributed by atoms with Crippen LogP contribution in [0.2, 0.25) is 0 Å². The van der Waals surface area contributed by atoms with Crippen LogP contribution in [-0.2, 0) is 0 Å². The van der Waals surface area contributed by atoms with Crippen LogP contribution in [0.25, 0.3) is 0 Å². The van der Waals surface area contributed by atoms with Crippen molar-refractivity contribution in [2.45, 2.75) is 17.3 Å². The molecule has 0 fully saturated rings. The van der Waals surface area contributed by atoms with Crippen molar-refractivity contribution in [1.82, 2.24) is 5.32 Å². The zero-order valence-corrected chi connectivity index (χ0v) is 14.2. The molecule has 0 saturated heterocycles. The van der Waals surface area contributed by atoms with Gasteiger partial charge in [-0.1, -0.05) is 6.07 Å². The summed E-state index contributed by atoms with van der Waals surface area (Å²) in [5.41, 5.74) is -2.67. The van der Waals surface area contributed by atoms with Gasteiger partial charge in [-0.3, -0.25) is 9.59 Å². The molecule has 2 aromatic rings. The van der Waals surface area contributed by atoms with E-state index in [9.17, 15) is 22.8 Å². The van der Waals surface area contributed by atoms with Crippen LogP contribution < -0.4 is 10.6 Å². The summed E-state index contributed by atoms with van der Waals surface area (Å²) in [6, 6.07) is 10.0. The number of carbonyl (C=O) groups excluding carboxylic acids is 2. The molecule has 132 valence electrons. The Hall–Kier alpha value is -2.48. The predicted molar refractivity (Wildman–Crippen MR) is 90.9 cm³/mol. The summed E-state index contributed by atoms with van der Waals surface area (Å²) < 4.78 is 36.9. The van der Waals surface area contributed by atoms with Crippen molar-refractivity contribution >= 4 is 29.3 Å². The minimum absolute atomic E-state index is 0.00171. The van der Waals surface area contributed by atoms with Crippen LogP contribution in [0.3, 0.4) is 0 Å². The topological polar surface area (TPSA) is 58.2 Å². The van der Waals surface area contributed by atoms with Gasteiger partial charge in [-0.25, -0.2) is 0 Å². The standard InChI is InChI=1S/C17H15F3N2O2S/c1-10-13(16(24)21-2)4-3-5-14(10)22-15(23)11-6-8-12(9-7-11)25-17(18,19)20/h3-9H,1-2H3,(H,21,24)(H,22,23). The van der Waals surface area contributed by atoms with Crippen LogP contribution >= 0.6 is 11.8 Å². The SMILES string of the molecule is CNC(=O)c1cccc(NC(=O)c2ccc(SC(F)(F)F)cc2)c1C. The van der Waals surface area contributed by atoms with Gasteiger partial charge >= 0.3 is 5.51 Å². The molecular formula is C17H15F3N2O2S. The lowest BCUT2D eigenvalue weighted by Gasteiger charge is -2.12. The number of halogens is 3. The maximum atomic E-state index is 12.3. The highest BCUT2D eigenvalue weighted by Gasteiger charge is 2.29. The zero-order chi connectivity index (χ0) is 18.6. The fourth-order valence-corrected chi connectivity index (χ4v) is 2.69. The summed E-state index contributed by atoms with van der Waals surface area (Å²) in [4.78, 5) is 24.1. The minimum atomic E-state index is -4.37. The lowest BCUT2D eigenvalue weighted by atomic mass is 10.1. The van der Waals surface area contributed by atoms with Crippen molar-refractivity contribution in [3.05, 3.63) is 59.2 Å². The summed E-state index contributed by atoms with van der Waals surface area (Å²) in [5.74, 6) is -0.747. The number of carbonyl (C=O) groups is 2. The Bertz CT molecular complexity index is 789. The van der Waals surface area contributed by atoms with Crippen LogP contribution in [0.1, 0.15) is 26.3 Å². The molecular weight excluding hydrogens is 353 g/mol. The van der Waals surface area contributed by atoms with Gasteiger partial charge in [0.15, 0.2) is 0 Å². The van der Waals surface area contributed by atoms with Gasteiger partial charge in [0, 0.05) is 28.8 Å². The molecule has 4 nitrogen and oxygen atoms in total. The van der Waals surface area contributed by atoms with Gasteiger partial charge in [0.2, 0.25) is 0 Å². The fourth-order valence-electron chi connectivity index (χ4n) is 2.15. The van der Waals surface area contributed by atoms with Crippen LogP contribution in [0.5, 0.6) is 0 Å². The number of benzene rings is 2. The van der Waals surface area contributed by atoms with Crippen molar-refractivity contribution in [2.24, 2.45) is 0 Å². The van der Waals surface area contributed by atoms with E-state index in [1.54, 1.807) is 25.1 Å². The van der Waals surface area contributed by atoms with E-state index in [1.165, 1.54) is 31.3 Å². The molecule has 2 rings (SSSR count). The summed E-state index contributed by atoms with van der Waals surface area (Å²) in [6.45, 7) is 1.70. The lowest BCUT2D eigenvalue weighted by molar-refractivity contribution is -0.0328. The molecule has 8 heteroatoms. The summed E-state index contributed by atoms with van der Waals surface area (Å²) in [7, 11) is 1.51. The highest BCUT2D eigenvalue weighted by atomic mass is 32.2. The van der Waals surface area contributed by atoms with Crippen LogP contribution in [0.4, 0.5) is 18.9 Å². The van der Waals surface area contributed by atoms with Gasteiger partial charge in [0.1, 0.15) is 0 Å². The van der Waals surface area contributed by atoms with Gasteiger partial charge in [0.25, 0.3) is 11.8 Å². The van der Waals surface area contributed by atoms with Gasteiger partial charge in [0.05, 0.1) is 0 Å². The second-order valence-electron chi connectivity index (χ2n) is 5.08. The van der Waals surface area contributed by atoms with E-state index < -0.39 is 11.4 Å². The van der Waals surface area contributed by atoms with Crippen LogP contribution in [0, 0.1) is 6.92 Å². The maximum Gasteiger partial charge on any atom is 0.446 e. The fraction of sp³-hybridized carbons (Fsp3) is 0.176. The molecule has 0 saturated carbocycles. The Morgan fingerprint density at radius 1 is 1.00 bits per heavy atom. The highest BCUT2D eigenvalue weighted by molar-refractivity contribution is 8.00. The molecule has 2 aromatic carbocycles. The number of amides is 2. The summed E-state index contributed by atoms with van der Waals surface area (Å²) in [5, 5.41) is 5.18. The van der Waals surface area contributed by atoms with Crippen LogP contribution in [0.15, 0.2) is 47.4 Å². The van der Waals surface area contributed by atoms with Crippen molar-refractivity contribution in [3.8, 4) is 0 Å². The smallest absolute Gasteiger partial charge is 0.355 e. The molecule has 2 N–H and O–H groups in total. The minimum Gasteiger partial charge on any atom is -0.355 e. The van der Waals surface area contributed by atoms with Gasteiger partial charge in [-0.05, 0) is 60.6 Å². The third-order valence-electron chi connectivity index (χ3n) is 3.40. The number of nitrogens with one attached hydrogen (secondary N) is 2. The Balaban J connectivity index is 2.16. The van der Waals surface area contributed by atoms with E-state index in [0.29, 0.717) is 16.8 Å². The Kier molecular flexibility index (Phi) is 5.73. The molecule has 0 aliphatic heterocycles. The number of rotatable bonds is 4. The van der Waals surface area contributed by atoms with E-state index in [-0.39, 0.29) is 28.1 Å². The molecule has 0 aliphatic rings. The molecule has 0 aliphatic carbocycles. The normalized spacial score (nSPS) is 11.1. The highest BCUT2D eigenvalue weighted by Crippen LogP contribution is 2.36. The lowest BCUT2D eigenvalue weighted by Crippen LogP contribution is -2.20. The second kappa shape index (κ2) is 7.60. The monoisotopic (exact) mass is 368 g/mol. The Morgan fingerprint density at radius 3 is 2.20 bits per heavy atom. The first-order chi connectivity index (χ1) is 11.7. The second-order valence-corrected chi connectivity index (χ2v) is 6.22. The van der Waals surface area contributed by atoms with E-state index in [2.05, 4.69) is 10.6 Å². The van der Waals surface area contributed by atoms with E-state index in [0.717, 1.165) is 0 Å². The first-order valence-electron chi connectivity index (χ1n) is 7.20. The Labute approximate surface area is 146 Å². The number of thioether (sulfide) groups is 1. The molecule has 0 bridgehead atoms. The van der Waals surface area contributed by atoms with Crippen molar-refractivity contribution in [2.75, 3.05) is 12.4 Å². The van der Waals surface area contributed by atoms with E-state index in [4.69, 9.17) is 0 Å². The van der Waals surface area contributed by atoms with E-state index >= 15 is 0 Å². The zero-order valence-electron chi connectivity index (χ0n) is 13.4. The van der Waals surface area contributed by atoms with Gasteiger partial charge in [-0.15, -0.1) is 0 Å². The van der Waals surface area contributed by atoms with E-state index in [1.807, 2.05) is 0 Å². The van der Waals surface area contributed by atoms with Gasteiger partial charge in [-0.2, -0.15) is 13.2 Å². The summed E-state index contributed by atoms with van der Waals surface area (Å²) >= 11 is -0.241. The number of hydrogen-bond donors (Lipinski definition) is 2. The summed E-state index contributed by atoms with van der Waals surface area (Å²) in [6.07, 6.45) is 0. The van der Waals surface area contributed by atoms with Crippen molar-refractivity contribution in [1.29, 1.82) is 0 Å². The molecule has 0 heterocycles. The predicted octanol–water partition coefficient (Wildman–Crippen LogP) is 4.22. The number of hydrogen-bond acceptors (Lipinski definition) is 3. The molecule has 0 aromatic heterocycles. The van der Waals surface area contributed by atoms with Crippen molar-refractivity contribution in [3.63, 3.8) is 0 Å². The molecule has 2 amide bonds. The average molecular weight is 368 g/mol. The molecule has 25 heavy (non-hydrogen) atoms. The third-order valence-corrected chi connectivity index (χ3v) is 4.14. The first-order valence-corrected chi connectivity index (χ1v) is 8.02. The largest absolute Gasteiger partial charge is 0.446 e. The quantitative estimate of drug-likeness (QED) is 0.795. The average Bonchev–Trinajstić information content (AvgIpc) is 2.55.